The number of ether oxygens (including phenoxy) is 1. The number of amides is 1. The molecule has 24 heavy (non-hydrogen) atoms. The van der Waals surface area contributed by atoms with Gasteiger partial charge in [0.25, 0.3) is 5.91 Å². The Kier molecular flexibility index (Phi) is 4.98. The second kappa shape index (κ2) is 7.33. The third-order valence-corrected chi connectivity index (χ3v) is 4.12. The minimum Gasteiger partial charge on any atom is -0.380 e. The van der Waals surface area contributed by atoms with Gasteiger partial charge in [0.15, 0.2) is 5.13 Å². The molecule has 0 bridgehead atoms. The molecule has 0 aliphatic rings. The third-order valence-electron chi connectivity index (χ3n) is 3.36. The SMILES string of the molecule is COCc1cccc(C(=O)Nc2nc(-c3ccc(F)cc3)cs2)c1. The van der Waals surface area contributed by atoms with Crippen LogP contribution in [0.25, 0.3) is 11.3 Å². The summed E-state index contributed by atoms with van der Waals surface area (Å²) in [7, 11) is 1.61. The number of carbonyl (C=O) groups is 1. The fourth-order valence-corrected chi connectivity index (χ4v) is 2.94. The molecule has 0 radical (unpaired) electrons. The van der Waals surface area contributed by atoms with Crippen molar-refractivity contribution < 1.29 is 13.9 Å². The number of nitrogens with zero attached hydrogens (tertiary/aromatic N) is 1. The summed E-state index contributed by atoms with van der Waals surface area (Å²) in [5.41, 5.74) is 2.97. The molecule has 3 aromatic rings. The van der Waals surface area contributed by atoms with Gasteiger partial charge in [-0.05, 0) is 42.0 Å². The highest BCUT2D eigenvalue weighted by Crippen LogP contribution is 2.25. The highest BCUT2D eigenvalue weighted by Gasteiger charge is 2.10. The number of hydrogen-bond acceptors (Lipinski definition) is 4. The molecule has 0 spiro atoms. The average molecular weight is 342 g/mol. The van der Waals surface area contributed by atoms with Gasteiger partial charge in [0.1, 0.15) is 5.82 Å². The van der Waals surface area contributed by atoms with Gasteiger partial charge in [0.2, 0.25) is 0 Å². The molecule has 0 unspecified atom stereocenters. The molecule has 2 aromatic carbocycles. The largest absolute Gasteiger partial charge is 0.380 e. The van der Waals surface area contributed by atoms with Crippen molar-refractivity contribution in [3.05, 3.63) is 70.9 Å². The molecule has 0 saturated carbocycles. The highest BCUT2D eigenvalue weighted by molar-refractivity contribution is 7.14. The van der Waals surface area contributed by atoms with E-state index < -0.39 is 0 Å². The van der Waals surface area contributed by atoms with Crippen LogP contribution in [0.3, 0.4) is 0 Å². The number of thiazole rings is 1. The first kappa shape index (κ1) is 16.3. The molecule has 3 rings (SSSR count). The van der Waals surface area contributed by atoms with Gasteiger partial charge in [0.05, 0.1) is 12.3 Å². The molecule has 0 saturated heterocycles. The van der Waals surface area contributed by atoms with Crippen molar-refractivity contribution >= 4 is 22.4 Å². The van der Waals surface area contributed by atoms with Crippen molar-refractivity contribution in [1.29, 1.82) is 0 Å². The second-order valence-corrected chi connectivity index (χ2v) is 5.99. The topological polar surface area (TPSA) is 51.2 Å². The summed E-state index contributed by atoms with van der Waals surface area (Å²) in [5.74, 6) is -0.522. The van der Waals surface area contributed by atoms with Crippen LogP contribution in [0, 0.1) is 5.82 Å². The molecule has 1 aromatic heterocycles. The van der Waals surface area contributed by atoms with Crippen molar-refractivity contribution in [2.24, 2.45) is 0 Å². The number of carbonyl (C=O) groups excluding carboxylic acids is 1. The van der Waals surface area contributed by atoms with Gasteiger partial charge in [0, 0.05) is 23.6 Å². The minimum absolute atomic E-state index is 0.229. The maximum Gasteiger partial charge on any atom is 0.257 e. The number of methoxy groups -OCH3 is 1. The average Bonchev–Trinajstić information content (AvgIpc) is 3.04. The summed E-state index contributed by atoms with van der Waals surface area (Å²) in [6, 6.07) is 13.3. The Hall–Kier alpha value is -2.57. The molecule has 4 nitrogen and oxygen atoms in total. The Labute approximate surface area is 142 Å². The molecule has 0 aliphatic heterocycles. The summed E-state index contributed by atoms with van der Waals surface area (Å²) < 4.78 is 18.0. The summed E-state index contributed by atoms with van der Waals surface area (Å²) in [6.07, 6.45) is 0. The summed E-state index contributed by atoms with van der Waals surface area (Å²) >= 11 is 1.32. The van der Waals surface area contributed by atoms with Crippen LogP contribution in [0.4, 0.5) is 9.52 Å². The van der Waals surface area contributed by atoms with Crippen LogP contribution in [0.5, 0.6) is 0 Å². The zero-order valence-corrected chi connectivity index (χ0v) is 13.8. The van der Waals surface area contributed by atoms with E-state index in [-0.39, 0.29) is 11.7 Å². The molecule has 1 heterocycles. The van der Waals surface area contributed by atoms with Gasteiger partial charge in [-0.15, -0.1) is 11.3 Å². The lowest BCUT2D eigenvalue weighted by Gasteiger charge is -2.04. The maximum absolute atomic E-state index is 13.0. The normalized spacial score (nSPS) is 10.6. The molecular formula is C18H15FN2O2S. The summed E-state index contributed by atoms with van der Waals surface area (Å²) in [5, 5.41) is 5.10. The Balaban J connectivity index is 1.73. The zero-order valence-electron chi connectivity index (χ0n) is 13.0. The van der Waals surface area contributed by atoms with E-state index in [4.69, 9.17) is 4.74 Å². The number of rotatable bonds is 5. The molecule has 0 aliphatic carbocycles. The Morgan fingerprint density at radius 1 is 1.25 bits per heavy atom. The first-order valence-electron chi connectivity index (χ1n) is 7.26. The number of nitrogens with one attached hydrogen (secondary N) is 1. The lowest BCUT2D eigenvalue weighted by atomic mass is 10.1. The number of hydrogen-bond donors (Lipinski definition) is 1. The monoisotopic (exact) mass is 342 g/mol. The Bertz CT molecular complexity index is 846. The molecular weight excluding hydrogens is 327 g/mol. The lowest BCUT2D eigenvalue weighted by molar-refractivity contribution is 0.102. The van der Waals surface area contributed by atoms with E-state index in [2.05, 4.69) is 10.3 Å². The van der Waals surface area contributed by atoms with E-state index >= 15 is 0 Å². The summed E-state index contributed by atoms with van der Waals surface area (Å²) in [4.78, 5) is 16.7. The number of benzene rings is 2. The van der Waals surface area contributed by atoms with Crippen LogP contribution in [-0.2, 0) is 11.3 Å². The predicted molar refractivity (Wildman–Crippen MR) is 92.6 cm³/mol. The van der Waals surface area contributed by atoms with Gasteiger partial charge in [-0.1, -0.05) is 12.1 Å². The van der Waals surface area contributed by atoms with Crippen LogP contribution in [0.15, 0.2) is 53.9 Å². The molecule has 0 atom stereocenters. The van der Waals surface area contributed by atoms with Gasteiger partial charge < -0.3 is 4.74 Å². The fourth-order valence-electron chi connectivity index (χ4n) is 2.22. The smallest absolute Gasteiger partial charge is 0.257 e. The van der Waals surface area contributed by atoms with Crippen LogP contribution >= 0.6 is 11.3 Å². The number of aromatic nitrogens is 1. The molecule has 122 valence electrons. The number of anilines is 1. The Morgan fingerprint density at radius 2 is 2.04 bits per heavy atom. The fraction of sp³-hybridized carbons (Fsp3) is 0.111. The quantitative estimate of drug-likeness (QED) is 0.750. The summed E-state index contributed by atoms with van der Waals surface area (Å²) in [6.45, 7) is 0.451. The van der Waals surface area contributed by atoms with E-state index in [0.717, 1.165) is 11.1 Å². The van der Waals surface area contributed by atoms with Gasteiger partial charge in [-0.25, -0.2) is 9.37 Å². The van der Waals surface area contributed by atoms with E-state index in [9.17, 15) is 9.18 Å². The van der Waals surface area contributed by atoms with Gasteiger partial charge in [-0.2, -0.15) is 0 Å². The predicted octanol–water partition coefficient (Wildman–Crippen LogP) is 4.35. The Morgan fingerprint density at radius 3 is 2.79 bits per heavy atom. The zero-order chi connectivity index (χ0) is 16.9. The van der Waals surface area contributed by atoms with E-state index in [0.29, 0.717) is 23.0 Å². The second-order valence-electron chi connectivity index (χ2n) is 5.13. The van der Waals surface area contributed by atoms with Crippen LogP contribution in [0.1, 0.15) is 15.9 Å². The van der Waals surface area contributed by atoms with Crippen molar-refractivity contribution in [2.75, 3.05) is 12.4 Å². The first-order valence-corrected chi connectivity index (χ1v) is 8.14. The van der Waals surface area contributed by atoms with Crippen LogP contribution in [0.2, 0.25) is 0 Å². The molecule has 6 heteroatoms. The standard InChI is InChI=1S/C18H15FN2O2S/c1-23-10-12-3-2-4-14(9-12)17(22)21-18-20-16(11-24-18)13-5-7-15(19)8-6-13/h2-9,11H,10H2,1H3,(H,20,21,22). The van der Waals surface area contributed by atoms with Crippen LogP contribution < -0.4 is 5.32 Å². The van der Waals surface area contributed by atoms with E-state index in [1.54, 1.807) is 31.4 Å². The maximum atomic E-state index is 13.0. The van der Waals surface area contributed by atoms with Crippen molar-refractivity contribution in [2.45, 2.75) is 6.61 Å². The minimum atomic E-state index is -0.293. The van der Waals surface area contributed by atoms with Crippen molar-refractivity contribution in [3.8, 4) is 11.3 Å². The highest BCUT2D eigenvalue weighted by atomic mass is 32.1. The van der Waals surface area contributed by atoms with Gasteiger partial charge in [-0.3, -0.25) is 10.1 Å². The molecule has 1 amide bonds. The van der Waals surface area contributed by atoms with Gasteiger partial charge >= 0.3 is 0 Å². The third kappa shape index (κ3) is 3.84. The first-order chi connectivity index (χ1) is 11.7. The lowest BCUT2D eigenvalue weighted by Crippen LogP contribution is -2.12. The van der Waals surface area contributed by atoms with Crippen LogP contribution in [-0.4, -0.2) is 18.0 Å². The van der Waals surface area contributed by atoms with Crippen molar-refractivity contribution in [3.63, 3.8) is 0 Å². The van der Waals surface area contributed by atoms with E-state index in [1.807, 2.05) is 17.5 Å². The molecule has 0 fully saturated rings. The van der Waals surface area contributed by atoms with Crippen molar-refractivity contribution in [1.82, 2.24) is 4.98 Å². The molecule has 1 N–H and O–H groups in total. The van der Waals surface area contributed by atoms with E-state index in [1.165, 1.54) is 23.5 Å². The number of halogens is 1.